The summed E-state index contributed by atoms with van der Waals surface area (Å²) in [5.41, 5.74) is 4.19. The van der Waals surface area contributed by atoms with Gasteiger partial charge in [0.25, 0.3) is 5.56 Å². The number of fused-ring (bicyclic) bond motifs is 2. The third-order valence-electron chi connectivity index (χ3n) is 8.46. The maximum absolute atomic E-state index is 13.5. The second kappa shape index (κ2) is 11.1. The highest BCUT2D eigenvalue weighted by molar-refractivity contribution is 7.17. The fraction of sp³-hybridized carbons (Fsp3) is 0.344. The largest absolute Gasteiger partial charge is 0.439 e. The molecule has 0 spiro atoms. The molecule has 1 saturated heterocycles. The summed E-state index contributed by atoms with van der Waals surface area (Å²) < 4.78 is 14.0. The number of nitrogens with zero attached hydrogens (tertiary/aromatic N) is 4. The van der Waals surface area contributed by atoms with E-state index in [1.54, 1.807) is 23.8 Å². The number of ketones is 1. The smallest absolute Gasteiger partial charge is 0.263 e. The van der Waals surface area contributed by atoms with Crippen LogP contribution in [0.4, 0.5) is 17.5 Å². The number of pyridine rings is 1. The molecule has 1 aliphatic heterocycles. The van der Waals surface area contributed by atoms with E-state index >= 15 is 0 Å². The Hall–Kier alpha value is -4.35. The first-order valence-corrected chi connectivity index (χ1v) is 15.5. The van der Waals surface area contributed by atoms with Crippen molar-refractivity contribution in [3.8, 4) is 11.1 Å². The molecule has 10 nitrogen and oxygen atoms in total. The number of thiophene rings is 1. The van der Waals surface area contributed by atoms with E-state index in [0.29, 0.717) is 65.0 Å². The summed E-state index contributed by atoms with van der Waals surface area (Å²) in [6.45, 7) is 5.79. The number of benzene rings is 1. The normalized spacial score (nSPS) is 15.9. The standard InChI is InChI=1S/C32H31N5O5S/c1-18-23-16-33-32(35-30(23)37(22-5-3-4-6-22)31(40)27(18)19(2)38)34-21-9-7-20(8-10-21)24-17-43-29-25(39)15-26(42-28(24)29)36-11-13-41-14-12-36/h7-10,15-17,22H,3-6,11-14H2,1-2H3,(H,33,34,35). The minimum absolute atomic E-state index is 0.0139. The number of carbonyl (C=O) groups is 1. The Kier molecular flexibility index (Phi) is 7.06. The molecule has 1 saturated carbocycles. The van der Waals surface area contributed by atoms with Gasteiger partial charge < -0.3 is 19.4 Å². The van der Waals surface area contributed by atoms with Crippen LogP contribution in [0, 0.1) is 6.92 Å². The molecular weight excluding hydrogens is 566 g/mol. The maximum Gasteiger partial charge on any atom is 0.263 e. The summed E-state index contributed by atoms with van der Waals surface area (Å²) in [6.07, 6.45) is 5.55. The Morgan fingerprint density at radius 2 is 1.84 bits per heavy atom. The monoisotopic (exact) mass is 597 g/mol. The van der Waals surface area contributed by atoms with E-state index in [0.717, 1.165) is 42.5 Å². The molecule has 4 aromatic heterocycles. The van der Waals surface area contributed by atoms with Crippen LogP contribution >= 0.6 is 11.3 Å². The fourth-order valence-corrected chi connectivity index (χ4v) is 7.15. The third kappa shape index (κ3) is 4.92. The highest BCUT2D eigenvalue weighted by Crippen LogP contribution is 2.36. The minimum atomic E-state index is -0.273. The van der Waals surface area contributed by atoms with Crippen molar-refractivity contribution < 1.29 is 13.9 Å². The van der Waals surface area contributed by atoms with Gasteiger partial charge in [0.15, 0.2) is 17.3 Å². The average molecular weight is 598 g/mol. The van der Waals surface area contributed by atoms with Gasteiger partial charge in [-0.25, -0.2) is 4.98 Å². The third-order valence-corrected chi connectivity index (χ3v) is 9.43. The number of carbonyl (C=O) groups excluding carboxylic acids is 1. The lowest BCUT2D eigenvalue weighted by atomic mass is 10.0. The van der Waals surface area contributed by atoms with Crippen LogP contribution in [-0.2, 0) is 4.74 Å². The molecule has 2 fully saturated rings. The molecule has 1 N–H and O–H groups in total. The molecular formula is C32H31N5O5S. The lowest BCUT2D eigenvalue weighted by Crippen LogP contribution is -2.36. The molecule has 0 amide bonds. The maximum atomic E-state index is 13.5. The molecule has 220 valence electrons. The first-order valence-electron chi connectivity index (χ1n) is 14.6. The van der Waals surface area contributed by atoms with Gasteiger partial charge in [0, 0.05) is 53.4 Å². The lowest BCUT2D eigenvalue weighted by Gasteiger charge is -2.27. The Bertz CT molecular complexity index is 1980. The summed E-state index contributed by atoms with van der Waals surface area (Å²) in [4.78, 5) is 50.1. The summed E-state index contributed by atoms with van der Waals surface area (Å²) in [6, 6.07) is 9.35. The van der Waals surface area contributed by atoms with Crippen molar-refractivity contribution in [2.75, 3.05) is 36.5 Å². The van der Waals surface area contributed by atoms with Crippen molar-refractivity contribution in [3.63, 3.8) is 0 Å². The zero-order valence-corrected chi connectivity index (χ0v) is 24.8. The van der Waals surface area contributed by atoms with Crippen LogP contribution in [0.5, 0.6) is 0 Å². The number of anilines is 3. The van der Waals surface area contributed by atoms with E-state index in [-0.39, 0.29) is 28.4 Å². The van der Waals surface area contributed by atoms with E-state index < -0.39 is 0 Å². The number of morpholine rings is 1. The Morgan fingerprint density at radius 1 is 1.09 bits per heavy atom. The van der Waals surface area contributed by atoms with E-state index in [1.165, 1.54) is 18.3 Å². The van der Waals surface area contributed by atoms with Crippen molar-refractivity contribution in [1.29, 1.82) is 0 Å². The number of rotatable bonds is 6. The Labute approximate surface area is 250 Å². The number of ether oxygens (including phenoxy) is 1. The zero-order valence-electron chi connectivity index (χ0n) is 24.0. The molecule has 0 atom stereocenters. The topological polar surface area (TPSA) is 120 Å². The average Bonchev–Trinajstić information content (AvgIpc) is 3.69. The van der Waals surface area contributed by atoms with Crippen LogP contribution in [0.3, 0.4) is 0 Å². The highest BCUT2D eigenvalue weighted by Gasteiger charge is 2.26. The van der Waals surface area contributed by atoms with Crippen molar-refractivity contribution in [2.24, 2.45) is 0 Å². The Morgan fingerprint density at radius 3 is 2.56 bits per heavy atom. The van der Waals surface area contributed by atoms with Gasteiger partial charge in [-0.1, -0.05) is 25.0 Å². The van der Waals surface area contributed by atoms with Gasteiger partial charge in [0.2, 0.25) is 11.4 Å². The molecule has 7 rings (SSSR count). The SMILES string of the molecule is CC(=O)c1c(C)c2cnc(Nc3ccc(-c4csc5c(=O)cc(N6CCOCC6)oc45)cc3)nc2n(C2CCCC2)c1=O. The molecule has 1 aromatic carbocycles. The van der Waals surface area contributed by atoms with Crippen molar-refractivity contribution >= 4 is 56.0 Å². The summed E-state index contributed by atoms with van der Waals surface area (Å²) >= 11 is 1.38. The first kappa shape index (κ1) is 27.5. The predicted octanol–water partition coefficient (Wildman–Crippen LogP) is 5.83. The fourth-order valence-electron chi connectivity index (χ4n) is 6.24. The van der Waals surface area contributed by atoms with E-state index in [4.69, 9.17) is 14.1 Å². The molecule has 43 heavy (non-hydrogen) atoms. The predicted molar refractivity (Wildman–Crippen MR) is 168 cm³/mol. The van der Waals surface area contributed by atoms with Gasteiger partial charge in [-0.3, -0.25) is 19.0 Å². The molecule has 5 heterocycles. The van der Waals surface area contributed by atoms with Gasteiger partial charge in [-0.15, -0.1) is 11.3 Å². The minimum Gasteiger partial charge on any atom is -0.439 e. The molecule has 0 bridgehead atoms. The van der Waals surface area contributed by atoms with Crippen LogP contribution in [0.1, 0.15) is 54.6 Å². The van der Waals surface area contributed by atoms with Crippen LogP contribution in [0.2, 0.25) is 0 Å². The summed E-state index contributed by atoms with van der Waals surface area (Å²) in [5, 5.41) is 5.93. The molecule has 0 radical (unpaired) electrons. The number of Topliss-reactive ketones (excluding diaryl/α,β-unsaturated/α-hetero) is 1. The van der Waals surface area contributed by atoms with E-state index in [1.807, 2.05) is 34.5 Å². The lowest BCUT2D eigenvalue weighted by molar-refractivity contribution is 0.101. The van der Waals surface area contributed by atoms with Crippen molar-refractivity contribution in [3.05, 3.63) is 73.6 Å². The van der Waals surface area contributed by atoms with Crippen LogP contribution in [0.25, 0.3) is 32.4 Å². The summed E-state index contributed by atoms with van der Waals surface area (Å²) in [5.74, 6) is 0.686. The van der Waals surface area contributed by atoms with E-state index in [2.05, 4.69) is 10.3 Å². The molecule has 0 unspecified atom stereocenters. The quantitative estimate of drug-likeness (QED) is 0.241. The molecule has 5 aromatic rings. The van der Waals surface area contributed by atoms with Gasteiger partial charge >= 0.3 is 0 Å². The van der Waals surface area contributed by atoms with Crippen LogP contribution in [0.15, 0.2) is 55.9 Å². The van der Waals surface area contributed by atoms with Crippen molar-refractivity contribution in [2.45, 2.75) is 45.6 Å². The summed E-state index contributed by atoms with van der Waals surface area (Å²) in [7, 11) is 0. The van der Waals surface area contributed by atoms with Gasteiger partial charge in [0.05, 0.1) is 18.8 Å². The molecule has 11 heteroatoms. The van der Waals surface area contributed by atoms with Gasteiger partial charge in [-0.05, 0) is 49.9 Å². The first-order chi connectivity index (χ1) is 20.9. The number of aromatic nitrogens is 3. The van der Waals surface area contributed by atoms with Crippen LogP contribution < -0.4 is 21.2 Å². The van der Waals surface area contributed by atoms with Gasteiger partial charge in [0.1, 0.15) is 10.3 Å². The Balaban J connectivity index is 1.21. The second-order valence-electron chi connectivity index (χ2n) is 11.2. The van der Waals surface area contributed by atoms with Gasteiger partial charge in [-0.2, -0.15) is 4.98 Å². The van der Waals surface area contributed by atoms with Crippen LogP contribution in [-0.4, -0.2) is 46.6 Å². The van der Waals surface area contributed by atoms with Crippen molar-refractivity contribution in [1.82, 2.24) is 14.5 Å². The number of hydrogen-bond donors (Lipinski definition) is 1. The zero-order chi connectivity index (χ0) is 29.7. The molecule has 2 aliphatic rings. The highest BCUT2D eigenvalue weighted by atomic mass is 32.1. The number of aryl methyl sites for hydroxylation is 1. The van der Waals surface area contributed by atoms with E-state index in [9.17, 15) is 14.4 Å². The second-order valence-corrected chi connectivity index (χ2v) is 12.0. The molecule has 1 aliphatic carbocycles. The number of hydrogen-bond acceptors (Lipinski definition) is 10. The number of nitrogens with one attached hydrogen (secondary N) is 1.